The number of nitrogens with zero attached hydrogens (tertiary/aromatic N) is 3. The van der Waals surface area contributed by atoms with Crippen LogP contribution < -0.4 is 4.90 Å². The maximum Gasteiger partial charge on any atom is 0.245 e. The highest BCUT2D eigenvalue weighted by Crippen LogP contribution is 2.26. The standard InChI is InChI=1S/C16H20ClN3OS/c1-4-12-8-6-7-9-14(12)20(16(21)13(17)5-2)10-15-19-18-11(3)22-15/h6-9,13H,4-5,10H2,1-3H3. The molecule has 0 saturated heterocycles. The van der Waals surface area contributed by atoms with Crippen LogP contribution in [0.2, 0.25) is 0 Å². The molecule has 0 fully saturated rings. The Morgan fingerprint density at radius 1 is 1.32 bits per heavy atom. The van der Waals surface area contributed by atoms with Gasteiger partial charge in [0, 0.05) is 5.69 Å². The number of amides is 1. The first-order valence-electron chi connectivity index (χ1n) is 7.39. The van der Waals surface area contributed by atoms with Gasteiger partial charge in [0.1, 0.15) is 15.4 Å². The number of carbonyl (C=O) groups is 1. The third-order valence-electron chi connectivity index (χ3n) is 3.42. The van der Waals surface area contributed by atoms with E-state index in [0.29, 0.717) is 13.0 Å². The average molecular weight is 338 g/mol. The first kappa shape index (κ1) is 16.9. The molecule has 22 heavy (non-hydrogen) atoms. The molecule has 0 N–H and O–H groups in total. The topological polar surface area (TPSA) is 46.1 Å². The number of carbonyl (C=O) groups excluding carboxylic acids is 1. The third-order valence-corrected chi connectivity index (χ3v) is 4.74. The lowest BCUT2D eigenvalue weighted by molar-refractivity contribution is -0.118. The van der Waals surface area contributed by atoms with Crippen molar-refractivity contribution >= 4 is 34.5 Å². The molecule has 0 radical (unpaired) electrons. The predicted octanol–water partition coefficient (Wildman–Crippen LogP) is 3.96. The number of halogens is 1. The van der Waals surface area contributed by atoms with Crippen LogP contribution in [-0.2, 0) is 17.8 Å². The Balaban J connectivity index is 2.38. The number of anilines is 1. The zero-order chi connectivity index (χ0) is 16.1. The van der Waals surface area contributed by atoms with E-state index in [-0.39, 0.29) is 5.91 Å². The van der Waals surface area contributed by atoms with Gasteiger partial charge in [0.25, 0.3) is 0 Å². The summed E-state index contributed by atoms with van der Waals surface area (Å²) >= 11 is 7.71. The van der Waals surface area contributed by atoms with Gasteiger partial charge in [0.2, 0.25) is 5.91 Å². The van der Waals surface area contributed by atoms with Crippen molar-refractivity contribution in [3.63, 3.8) is 0 Å². The molecule has 1 aromatic heterocycles. The summed E-state index contributed by atoms with van der Waals surface area (Å²) in [6.07, 6.45) is 1.45. The SMILES string of the molecule is CCc1ccccc1N(Cc1nnc(C)s1)C(=O)C(Cl)CC. The van der Waals surface area contributed by atoms with Crippen LogP contribution in [0.25, 0.3) is 0 Å². The summed E-state index contributed by atoms with van der Waals surface area (Å²) in [6, 6.07) is 7.92. The summed E-state index contributed by atoms with van der Waals surface area (Å²) in [7, 11) is 0. The van der Waals surface area contributed by atoms with E-state index in [0.717, 1.165) is 27.7 Å². The zero-order valence-corrected chi connectivity index (χ0v) is 14.6. The van der Waals surface area contributed by atoms with Crippen LogP contribution in [0.1, 0.15) is 35.8 Å². The van der Waals surface area contributed by atoms with Crippen molar-refractivity contribution in [3.05, 3.63) is 39.8 Å². The van der Waals surface area contributed by atoms with Gasteiger partial charge in [0.15, 0.2) is 0 Å². The number of aryl methyl sites for hydroxylation is 2. The van der Waals surface area contributed by atoms with E-state index in [4.69, 9.17) is 11.6 Å². The summed E-state index contributed by atoms with van der Waals surface area (Å²) in [5, 5.41) is 9.34. The van der Waals surface area contributed by atoms with E-state index in [2.05, 4.69) is 17.1 Å². The second kappa shape index (κ2) is 7.70. The fourth-order valence-electron chi connectivity index (χ4n) is 2.24. The van der Waals surface area contributed by atoms with Gasteiger partial charge in [-0.15, -0.1) is 21.8 Å². The highest BCUT2D eigenvalue weighted by molar-refractivity contribution is 7.11. The van der Waals surface area contributed by atoms with E-state index >= 15 is 0 Å². The fourth-order valence-corrected chi connectivity index (χ4v) is 3.05. The molecule has 1 amide bonds. The van der Waals surface area contributed by atoms with Gasteiger partial charge in [-0.25, -0.2) is 0 Å². The summed E-state index contributed by atoms with van der Waals surface area (Å²) in [5.41, 5.74) is 2.03. The van der Waals surface area contributed by atoms with E-state index < -0.39 is 5.38 Å². The molecule has 0 aliphatic heterocycles. The molecule has 2 aromatic rings. The Labute approximate surface area is 140 Å². The molecule has 1 unspecified atom stereocenters. The molecule has 6 heteroatoms. The summed E-state index contributed by atoms with van der Waals surface area (Å²) in [4.78, 5) is 14.4. The molecular weight excluding hydrogens is 318 g/mol. The van der Waals surface area contributed by atoms with Crippen molar-refractivity contribution < 1.29 is 4.79 Å². The minimum Gasteiger partial charge on any atom is -0.304 e. The molecule has 0 saturated carbocycles. The van der Waals surface area contributed by atoms with Gasteiger partial charge in [-0.05, 0) is 31.4 Å². The van der Waals surface area contributed by atoms with Crippen molar-refractivity contribution in [2.75, 3.05) is 4.90 Å². The van der Waals surface area contributed by atoms with Gasteiger partial charge in [-0.3, -0.25) is 4.79 Å². The smallest absolute Gasteiger partial charge is 0.245 e. The lowest BCUT2D eigenvalue weighted by atomic mass is 10.1. The van der Waals surface area contributed by atoms with Crippen molar-refractivity contribution in [1.82, 2.24) is 10.2 Å². The first-order valence-corrected chi connectivity index (χ1v) is 8.64. The quantitative estimate of drug-likeness (QED) is 0.749. The van der Waals surface area contributed by atoms with Gasteiger partial charge in [-0.2, -0.15) is 0 Å². The minimum atomic E-state index is -0.529. The molecule has 0 spiro atoms. The summed E-state index contributed by atoms with van der Waals surface area (Å²) < 4.78 is 0. The Kier molecular flexibility index (Phi) is 5.91. The Hall–Kier alpha value is -1.46. The number of aromatic nitrogens is 2. The van der Waals surface area contributed by atoms with Crippen LogP contribution in [0.4, 0.5) is 5.69 Å². The molecule has 1 heterocycles. The number of hydrogen-bond acceptors (Lipinski definition) is 4. The van der Waals surface area contributed by atoms with Crippen molar-refractivity contribution in [2.45, 2.75) is 45.5 Å². The third kappa shape index (κ3) is 3.84. The second-order valence-electron chi connectivity index (χ2n) is 5.00. The molecule has 0 aliphatic carbocycles. The molecule has 1 aromatic carbocycles. The van der Waals surface area contributed by atoms with Crippen LogP contribution in [0.15, 0.2) is 24.3 Å². The summed E-state index contributed by atoms with van der Waals surface area (Å²) in [6.45, 7) is 6.30. The van der Waals surface area contributed by atoms with Crippen LogP contribution >= 0.6 is 22.9 Å². The zero-order valence-electron chi connectivity index (χ0n) is 13.0. The molecule has 1 atom stereocenters. The number of rotatable bonds is 6. The van der Waals surface area contributed by atoms with Gasteiger partial charge in [0.05, 0.1) is 6.54 Å². The van der Waals surface area contributed by atoms with Gasteiger partial charge >= 0.3 is 0 Å². The number of para-hydroxylation sites is 1. The van der Waals surface area contributed by atoms with Gasteiger partial charge < -0.3 is 4.90 Å². The van der Waals surface area contributed by atoms with E-state index in [9.17, 15) is 4.79 Å². The maximum atomic E-state index is 12.7. The molecule has 0 aliphatic rings. The first-order chi connectivity index (χ1) is 10.6. The van der Waals surface area contributed by atoms with Crippen molar-refractivity contribution in [2.24, 2.45) is 0 Å². The van der Waals surface area contributed by atoms with Crippen LogP contribution in [-0.4, -0.2) is 21.5 Å². The monoisotopic (exact) mass is 337 g/mol. The van der Waals surface area contributed by atoms with E-state index in [1.54, 1.807) is 4.90 Å². The average Bonchev–Trinajstić information content (AvgIpc) is 2.96. The number of benzene rings is 1. The lowest BCUT2D eigenvalue weighted by Gasteiger charge is -2.26. The highest BCUT2D eigenvalue weighted by atomic mass is 35.5. The Morgan fingerprint density at radius 3 is 2.64 bits per heavy atom. The van der Waals surface area contributed by atoms with Crippen LogP contribution in [0.3, 0.4) is 0 Å². The lowest BCUT2D eigenvalue weighted by Crippen LogP contribution is -2.36. The van der Waals surface area contributed by atoms with Crippen LogP contribution in [0, 0.1) is 6.92 Å². The van der Waals surface area contributed by atoms with Crippen molar-refractivity contribution in [1.29, 1.82) is 0 Å². The van der Waals surface area contributed by atoms with Gasteiger partial charge in [-0.1, -0.05) is 43.4 Å². The van der Waals surface area contributed by atoms with E-state index in [1.165, 1.54) is 11.3 Å². The molecule has 0 bridgehead atoms. The van der Waals surface area contributed by atoms with E-state index in [1.807, 2.05) is 38.1 Å². The fraction of sp³-hybridized carbons (Fsp3) is 0.438. The predicted molar refractivity (Wildman–Crippen MR) is 91.6 cm³/mol. The molecule has 2 rings (SSSR count). The Morgan fingerprint density at radius 2 is 2.05 bits per heavy atom. The van der Waals surface area contributed by atoms with Crippen LogP contribution in [0.5, 0.6) is 0 Å². The minimum absolute atomic E-state index is 0.0853. The van der Waals surface area contributed by atoms with Crippen molar-refractivity contribution in [3.8, 4) is 0 Å². The number of alkyl halides is 1. The number of hydrogen-bond donors (Lipinski definition) is 0. The molecule has 4 nitrogen and oxygen atoms in total. The highest BCUT2D eigenvalue weighted by Gasteiger charge is 2.25. The maximum absolute atomic E-state index is 12.7. The normalized spacial score (nSPS) is 12.2. The second-order valence-corrected chi connectivity index (χ2v) is 6.79. The summed E-state index contributed by atoms with van der Waals surface area (Å²) in [5.74, 6) is -0.0853. The largest absolute Gasteiger partial charge is 0.304 e. The molecular formula is C16H20ClN3OS. The molecule has 118 valence electrons. The Bertz CT molecular complexity index is 644.